The summed E-state index contributed by atoms with van der Waals surface area (Å²) in [5.41, 5.74) is 5.54. The van der Waals surface area contributed by atoms with E-state index in [0.29, 0.717) is 6.04 Å². The Hall–Kier alpha value is -1.12. The van der Waals surface area contributed by atoms with Gasteiger partial charge in [-0.25, -0.2) is 0 Å². The molecule has 1 N–H and O–H groups in total. The van der Waals surface area contributed by atoms with E-state index in [4.69, 9.17) is 0 Å². The molecule has 0 spiro atoms. The minimum atomic E-state index is 0.329. The van der Waals surface area contributed by atoms with Crippen molar-refractivity contribution >= 4 is 11.3 Å². The second kappa shape index (κ2) is 5.68. The van der Waals surface area contributed by atoms with Crippen LogP contribution in [0.4, 0.5) is 0 Å². The zero-order chi connectivity index (χ0) is 13.1. The van der Waals surface area contributed by atoms with Gasteiger partial charge >= 0.3 is 0 Å². The largest absolute Gasteiger partial charge is 0.306 e. The SMILES string of the molecule is CCNC(c1cccs1)c1c(C)cc(C)cc1C. The summed E-state index contributed by atoms with van der Waals surface area (Å²) in [6.07, 6.45) is 0. The lowest BCUT2D eigenvalue weighted by Gasteiger charge is -2.22. The first-order chi connectivity index (χ1) is 8.63. The van der Waals surface area contributed by atoms with E-state index in [2.05, 4.69) is 62.7 Å². The Labute approximate surface area is 114 Å². The molecule has 0 bridgehead atoms. The summed E-state index contributed by atoms with van der Waals surface area (Å²) in [4.78, 5) is 1.40. The van der Waals surface area contributed by atoms with Gasteiger partial charge in [-0.05, 0) is 55.5 Å². The highest BCUT2D eigenvalue weighted by atomic mass is 32.1. The lowest BCUT2D eigenvalue weighted by atomic mass is 9.93. The molecule has 1 atom stereocenters. The van der Waals surface area contributed by atoms with E-state index < -0.39 is 0 Å². The maximum absolute atomic E-state index is 3.61. The molecule has 0 amide bonds. The molecule has 1 unspecified atom stereocenters. The molecule has 0 fully saturated rings. The molecule has 0 radical (unpaired) electrons. The highest BCUT2D eigenvalue weighted by molar-refractivity contribution is 7.10. The van der Waals surface area contributed by atoms with E-state index in [9.17, 15) is 0 Å². The van der Waals surface area contributed by atoms with Crippen molar-refractivity contribution in [2.75, 3.05) is 6.54 Å². The maximum atomic E-state index is 3.61. The summed E-state index contributed by atoms with van der Waals surface area (Å²) in [5.74, 6) is 0. The topological polar surface area (TPSA) is 12.0 Å². The highest BCUT2D eigenvalue weighted by Gasteiger charge is 2.18. The van der Waals surface area contributed by atoms with E-state index >= 15 is 0 Å². The fourth-order valence-corrected chi connectivity index (χ4v) is 3.46. The Balaban J connectivity index is 2.49. The number of hydrogen-bond acceptors (Lipinski definition) is 2. The summed E-state index contributed by atoms with van der Waals surface area (Å²) in [7, 11) is 0. The van der Waals surface area contributed by atoms with Crippen molar-refractivity contribution < 1.29 is 0 Å². The van der Waals surface area contributed by atoms with Crippen LogP contribution in [0.3, 0.4) is 0 Å². The third-order valence-electron chi connectivity index (χ3n) is 3.26. The lowest BCUT2D eigenvalue weighted by molar-refractivity contribution is 0.633. The lowest BCUT2D eigenvalue weighted by Crippen LogP contribution is -2.22. The number of aryl methyl sites for hydroxylation is 3. The number of hydrogen-bond donors (Lipinski definition) is 1. The van der Waals surface area contributed by atoms with Gasteiger partial charge in [0, 0.05) is 4.88 Å². The highest BCUT2D eigenvalue weighted by Crippen LogP contribution is 2.31. The Bertz CT molecular complexity index is 491. The Morgan fingerprint density at radius 3 is 2.33 bits per heavy atom. The van der Waals surface area contributed by atoms with Gasteiger partial charge in [-0.15, -0.1) is 11.3 Å². The van der Waals surface area contributed by atoms with Crippen LogP contribution < -0.4 is 5.32 Å². The van der Waals surface area contributed by atoms with Crippen molar-refractivity contribution in [3.05, 3.63) is 56.8 Å². The van der Waals surface area contributed by atoms with Gasteiger partial charge in [-0.2, -0.15) is 0 Å². The number of benzene rings is 1. The van der Waals surface area contributed by atoms with Crippen LogP contribution in [-0.2, 0) is 0 Å². The van der Waals surface area contributed by atoms with Crippen LogP contribution in [0.2, 0.25) is 0 Å². The smallest absolute Gasteiger partial charge is 0.0676 e. The van der Waals surface area contributed by atoms with Gasteiger partial charge in [0.15, 0.2) is 0 Å². The number of thiophene rings is 1. The van der Waals surface area contributed by atoms with Gasteiger partial charge in [0.1, 0.15) is 0 Å². The van der Waals surface area contributed by atoms with E-state index in [0.717, 1.165) is 6.54 Å². The molecule has 1 aromatic heterocycles. The van der Waals surface area contributed by atoms with Gasteiger partial charge < -0.3 is 5.32 Å². The molecule has 2 rings (SSSR count). The van der Waals surface area contributed by atoms with Crippen LogP contribution >= 0.6 is 11.3 Å². The average molecular weight is 259 g/mol. The Morgan fingerprint density at radius 2 is 1.83 bits per heavy atom. The molecule has 0 saturated heterocycles. The predicted molar refractivity (Wildman–Crippen MR) is 80.5 cm³/mol. The van der Waals surface area contributed by atoms with Gasteiger partial charge in [0.05, 0.1) is 6.04 Å². The molecule has 18 heavy (non-hydrogen) atoms. The normalized spacial score (nSPS) is 12.7. The zero-order valence-corrected chi connectivity index (χ0v) is 12.4. The number of nitrogens with one attached hydrogen (secondary N) is 1. The summed E-state index contributed by atoms with van der Waals surface area (Å²) in [6, 6.07) is 9.23. The molecule has 1 nitrogen and oxygen atoms in total. The summed E-state index contributed by atoms with van der Waals surface area (Å²) in [6.45, 7) is 9.74. The minimum Gasteiger partial charge on any atom is -0.306 e. The van der Waals surface area contributed by atoms with E-state index in [1.165, 1.54) is 27.1 Å². The molecule has 1 aromatic carbocycles. The van der Waals surface area contributed by atoms with Crippen molar-refractivity contribution in [3.8, 4) is 0 Å². The molecule has 96 valence electrons. The van der Waals surface area contributed by atoms with Crippen molar-refractivity contribution in [2.45, 2.75) is 33.7 Å². The fourth-order valence-electron chi connectivity index (χ4n) is 2.65. The van der Waals surface area contributed by atoms with Crippen molar-refractivity contribution in [2.24, 2.45) is 0 Å². The molecular weight excluding hydrogens is 238 g/mol. The van der Waals surface area contributed by atoms with Crippen LogP contribution in [0.25, 0.3) is 0 Å². The summed E-state index contributed by atoms with van der Waals surface area (Å²) >= 11 is 1.82. The third-order valence-corrected chi connectivity index (χ3v) is 4.20. The summed E-state index contributed by atoms with van der Waals surface area (Å²) in [5, 5.41) is 5.76. The van der Waals surface area contributed by atoms with Gasteiger partial charge in [0.2, 0.25) is 0 Å². The second-order valence-electron chi connectivity index (χ2n) is 4.82. The molecule has 0 saturated carbocycles. The van der Waals surface area contributed by atoms with Crippen LogP contribution in [0.5, 0.6) is 0 Å². The van der Waals surface area contributed by atoms with Crippen LogP contribution in [0.1, 0.15) is 40.1 Å². The molecular formula is C16H21NS. The van der Waals surface area contributed by atoms with Gasteiger partial charge in [-0.1, -0.05) is 30.7 Å². The maximum Gasteiger partial charge on any atom is 0.0676 e. The first-order valence-corrected chi connectivity index (χ1v) is 7.36. The Morgan fingerprint density at radius 1 is 1.17 bits per heavy atom. The molecule has 2 aromatic rings. The Kier molecular flexibility index (Phi) is 4.20. The predicted octanol–water partition coefficient (Wildman–Crippen LogP) is 4.37. The van der Waals surface area contributed by atoms with Crippen LogP contribution in [0, 0.1) is 20.8 Å². The zero-order valence-electron chi connectivity index (χ0n) is 11.6. The molecule has 0 aliphatic rings. The molecule has 1 heterocycles. The second-order valence-corrected chi connectivity index (χ2v) is 5.80. The third kappa shape index (κ3) is 2.65. The molecule has 0 aliphatic heterocycles. The monoisotopic (exact) mass is 259 g/mol. The van der Waals surface area contributed by atoms with E-state index in [-0.39, 0.29) is 0 Å². The minimum absolute atomic E-state index is 0.329. The van der Waals surface area contributed by atoms with Gasteiger partial charge in [-0.3, -0.25) is 0 Å². The van der Waals surface area contributed by atoms with E-state index in [1.54, 1.807) is 0 Å². The molecule has 2 heteroatoms. The quantitative estimate of drug-likeness (QED) is 0.859. The van der Waals surface area contributed by atoms with E-state index in [1.807, 2.05) is 11.3 Å². The molecule has 0 aliphatic carbocycles. The fraction of sp³-hybridized carbons (Fsp3) is 0.375. The van der Waals surface area contributed by atoms with Crippen LogP contribution in [0.15, 0.2) is 29.6 Å². The van der Waals surface area contributed by atoms with Gasteiger partial charge in [0.25, 0.3) is 0 Å². The van der Waals surface area contributed by atoms with Crippen molar-refractivity contribution in [1.29, 1.82) is 0 Å². The first-order valence-electron chi connectivity index (χ1n) is 6.48. The first kappa shape index (κ1) is 13.3. The van der Waals surface area contributed by atoms with Crippen molar-refractivity contribution in [1.82, 2.24) is 5.32 Å². The van der Waals surface area contributed by atoms with Crippen LogP contribution in [-0.4, -0.2) is 6.54 Å². The number of rotatable bonds is 4. The van der Waals surface area contributed by atoms with Crippen molar-refractivity contribution in [3.63, 3.8) is 0 Å². The standard InChI is InChI=1S/C16H21NS/c1-5-17-16(14-7-6-8-18-14)15-12(3)9-11(2)10-13(15)4/h6-10,16-17H,5H2,1-4H3. The average Bonchev–Trinajstić information content (AvgIpc) is 2.79. The summed E-state index contributed by atoms with van der Waals surface area (Å²) < 4.78 is 0.